The van der Waals surface area contributed by atoms with E-state index in [4.69, 9.17) is 0 Å². The maximum Gasteiger partial charge on any atom is 0.271 e. The van der Waals surface area contributed by atoms with Crippen LogP contribution in [0.5, 0.6) is 0 Å². The molecule has 0 atom stereocenters. The lowest BCUT2D eigenvalue weighted by molar-refractivity contribution is 0.609. The number of hydrogen-bond acceptors (Lipinski definition) is 5. The SMILES string of the molecule is CCCCn1cnc2c(sc3nccc(N(C)C)c32)c1=O. The molecule has 0 radical (unpaired) electrons. The summed E-state index contributed by atoms with van der Waals surface area (Å²) >= 11 is 1.43. The Kier molecular flexibility index (Phi) is 3.63. The van der Waals surface area contributed by atoms with E-state index in [9.17, 15) is 4.79 Å². The Morgan fingerprint density at radius 1 is 1.33 bits per heavy atom. The zero-order valence-corrected chi connectivity index (χ0v) is 13.3. The first-order valence-electron chi connectivity index (χ1n) is 7.07. The van der Waals surface area contributed by atoms with Crippen molar-refractivity contribution in [3.63, 3.8) is 0 Å². The van der Waals surface area contributed by atoms with Crippen LogP contribution in [0.1, 0.15) is 19.8 Å². The molecular formula is C15H18N4OS. The van der Waals surface area contributed by atoms with Crippen LogP contribution in [0.2, 0.25) is 0 Å². The van der Waals surface area contributed by atoms with E-state index in [1.165, 1.54) is 11.3 Å². The summed E-state index contributed by atoms with van der Waals surface area (Å²) < 4.78 is 2.40. The van der Waals surface area contributed by atoms with Crippen LogP contribution < -0.4 is 10.5 Å². The third kappa shape index (κ3) is 2.29. The van der Waals surface area contributed by atoms with Gasteiger partial charge in [-0.15, -0.1) is 11.3 Å². The lowest BCUT2D eigenvalue weighted by Gasteiger charge is -2.13. The maximum absolute atomic E-state index is 12.6. The first-order valence-corrected chi connectivity index (χ1v) is 7.89. The Hall–Kier alpha value is -1.95. The Morgan fingerprint density at radius 2 is 2.14 bits per heavy atom. The lowest BCUT2D eigenvalue weighted by Crippen LogP contribution is -2.19. The van der Waals surface area contributed by atoms with Crippen LogP contribution in [-0.4, -0.2) is 28.6 Å². The third-order valence-corrected chi connectivity index (χ3v) is 4.64. The number of hydrogen-bond donors (Lipinski definition) is 0. The van der Waals surface area contributed by atoms with Gasteiger partial charge in [0.25, 0.3) is 5.56 Å². The van der Waals surface area contributed by atoms with Gasteiger partial charge in [0.05, 0.1) is 22.9 Å². The van der Waals surface area contributed by atoms with Crippen LogP contribution in [0.3, 0.4) is 0 Å². The zero-order chi connectivity index (χ0) is 15.0. The fourth-order valence-corrected chi connectivity index (χ4v) is 3.50. The van der Waals surface area contributed by atoms with E-state index in [2.05, 4.69) is 16.9 Å². The Bertz CT molecular complexity index is 850. The second kappa shape index (κ2) is 5.44. The molecule has 6 heteroatoms. The van der Waals surface area contributed by atoms with Crippen LogP contribution in [0, 0.1) is 0 Å². The van der Waals surface area contributed by atoms with Crippen molar-refractivity contribution in [1.82, 2.24) is 14.5 Å². The molecule has 0 aliphatic heterocycles. The van der Waals surface area contributed by atoms with Gasteiger partial charge in [0, 0.05) is 26.8 Å². The summed E-state index contributed by atoms with van der Waals surface area (Å²) in [6.45, 7) is 2.84. The fourth-order valence-electron chi connectivity index (χ4n) is 2.43. The highest BCUT2D eigenvalue weighted by molar-refractivity contribution is 7.25. The second-order valence-corrected chi connectivity index (χ2v) is 6.28. The Balaban J connectivity index is 2.30. The van der Waals surface area contributed by atoms with Crippen molar-refractivity contribution in [2.24, 2.45) is 0 Å². The minimum absolute atomic E-state index is 0.0427. The maximum atomic E-state index is 12.6. The molecule has 21 heavy (non-hydrogen) atoms. The molecule has 5 nitrogen and oxygen atoms in total. The monoisotopic (exact) mass is 302 g/mol. The van der Waals surface area contributed by atoms with Crippen LogP contribution in [-0.2, 0) is 6.54 Å². The molecule has 0 saturated heterocycles. The number of thiophene rings is 1. The fraction of sp³-hybridized carbons (Fsp3) is 0.400. The molecule has 0 amide bonds. The molecule has 110 valence electrons. The van der Waals surface area contributed by atoms with E-state index in [0.717, 1.165) is 40.8 Å². The molecule has 3 rings (SSSR count). The minimum Gasteiger partial charge on any atom is -0.377 e. The van der Waals surface area contributed by atoms with Crippen LogP contribution in [0.4, 0.5) is 5.69 Å². The molecule has 0 unspecified atom stereocenters. The van der Waals surface area contributed by atoms with E-state index in [0.29, 0.717) is 4.70 Å². The number of aryl methyl sites for hydroxylation is 1. The molecule has 3 aromatic heterocycles. The predicted molar refractivity (Wildman–Crippen MR) is 88.4 cm³/mol. The van der Waals surface area contributed by atoms with Gasteiger partial charge in [0.1, 0.15) is 9.53 Å². The first kappa shape index (κ1) is 14.0. The van der Waals surface area contributed by atoms with E-state index >= 15 is 0 Å². The normalized spacial score (nSPS) is 11.4. The second-order valence-electron chi connectivity index (χ2n) is 5.28. The van der Waals surface area contributed by atoms with Crippen molar-refractivity contribution in [1.29, 1.82) is 0 Å². The average molecular weight is 302 g/mol. The molecule has 0 spiro atoms. The summed E-state index contributed by atoms with van der Waals surface area (Å²) in [7, 11) is 3.97. The van der Waals surface area contributed by atoms with Crippen molar-refractivity contribution < 1.29 is 0 Å². The topological polar surface area (TPSA) is 51.0 Å². The summed E-state index contributed by atoms with van der Waals surface area (Å²) in [5.41, 5.74) is 1.86. The number of nitrogens with zero attached hydrogens (tertiary/aromatic N) is 4. The van der Waals surface area contributed by atoms with Gasteiger partial charge < -0.3 is 4.90 Å². The average Bonchev–Trinajstić information content (AvgIpc) is 2.86. The molecule has 0 fully saturated rings. The van der Waals surface area contributed by atoms with E-state index < -0.39 is 0 Å². The van der Waals surface area contributed by atoms with Crippen molar-refractivity contribution in [3.8, 4) is 0 Å². The summed E-state index contributed by atoms with van der Waals surface area (Å²) in [5, 5.41) is 0.974. The van der Waals surface area contributed by atoms with Gasteiger partial charge in [-0.25, -0.2) is 9.97 Å². The van der Waals surface area contributed by atoms with Gasteiger partial charge >= 0.3 is 0 Å². The van der Waals surface area contributed by atoms with Crippen LogP contribution in [0.15, 0.2) is 23.4 Å². The van der Waals surface area contributed by atoms with E-state index in [1.54, 1.807) is 17.1 Å². The first-order chi connectivity index (χ1) is 10.1. The molecule has 0 bridgehead atoms. The van der Waals surface area contributed by atoms with Crippen molar-refractivity contribution in [2.45, 2.75) is 26.3 Å². The number of rotatable bonds is 4. The highest BCUT2D eigenvalue weighted by Gasteiger charge is 2.16. The largest absolute Gasteiger partial charge is 0.377 e. The highest BCUT2D eigenvalue weighted by atomic mass is 32.1. The van der Waals surface area contributed by atoms with Crippen molar-refractivity contribution >= 4 is 37.5 Å². The van der Waals surface area contributed by atoms with Gasteiger partial charge in [0.2, 0.25) is 0 Å². The Morgan fingerprint density at radius 3 is 2.86 bits per heavy atom. The number of pyridine rings is 1. The van der Waals surface area contributed by atoms with Crippen molar-refractivity contribution in [3.05, 3.63) is 28.9 Å². The van der Waals surface area contributed by atoms with Crippen LogP contribution in [0.25, 0.3) is 20.4 Å². The van der Waals surface area contributed by atoms with E-state index in [1.807, 2.05) is 25.1 Å². The summed E-state index contributed by atoms with van der Waals surface area (Å²) in [6.07, 6.45) is 5.49. The third-order valence-electron chi connectivity index (χ3n) is 3.56. The molecule has 0 N–H and O–H groups in total. The minimum atomic E-state index is 0.0427. The molecule has 3 aromatic rings. The zero-order valence-electron chi connectivity index (χ0n) is 12.5. The van der Waals surface area contributed by atoms with Gasteiger partial charge in [-0.05, 0) is 12.5 Å². The summed E-state index contributed by atoms with van der Waals surface area (Å²) in [5.74, 6) is 0. The molecule has 3 heterocycles. The smallest absolute Gasteiger partial charge is 0.271 e. The van der Waals surface area contributed by atoms with Gasteiger partial charge in [0.15, 0.2) is 0 Å². The summed E-state index contributed by atoms with van der Waals surface area (Å²) in [4.78, 5) is 24.4. The van der Waals surface area contributed by atoms with Gasteiger partial charge in [-0.3, -0.25) is 9.36 Å². The highest BCUT2D eigenvalue weighted by Crippen LogP contribution is 2.34. The Labute approximate surface area is 126 Å². The molecule has 0 saturated carbocycles. The number of unbranched alkanes of at least 4 members (excludes halogenated alkanes) is 1. The molecular weight excluding hydrogens is 284 g/mol. The number of aromatic nitrogens is 3. The molecule has 0 aromatic carbocycles. The quantitative estimate of drug-likeness (QED) is 0.743. The van der Waals surface area contributed by atoms with Gasteiger partial charge in [-0.1, -0.05) is 13.3 Å². The van der Waals surface area contributed by atoms with Crippen molar-refractivity contribution in [2.75, 3.05) is 19.0 Å². The lowest BCUT2D eigenvalue weighted by atomic mass is 10.2. The summed E-state index contributed by atoms with van der Waals surface area (Å²) in [6, 6.07) is 1.96. The van der Waals surface area contributed by atoms with E-state index in [-0.39, 0.29) is 5.56 Å². The predicted octanol–water partition coefficient (Wildman–Crippen LogP) is 2.87. The molecule has 0 aliphatic carbocycles. The van der Waals surface area contributed by atoms with Crippen LogP contribution >= 0.6 is 11.3 Å². The van der Waals surface area contributed by atoms with Gasteiger partial charge in [-0.2, -0.15) is 0 Å². The standard InChI is InChI=1S/C15H18N4OS/c1-4-5-8-19-9-17-12-11-10(18(2)3)6-7-16-14(11)21-13(12)15(19)20/h6-7,9H,4-5,8H2,1-3H3. The number of anilines is 1. The molecule has 0 aliphatic rings. The number of fused-ring (bicyclic) bond motifs is 3.